The van der Waals surface area contributed by atoms with E-state index in [1.165, 1.54) is 0 Å². The molecule has 4 nitrogen and oxygen atoms in total. The number of methoxy groups -OCH3 is 1. The average molecular weight is 257 g/mol. The number of hydrogen-bond acceptors (Lipinski definition) is 3. The van der Waals surface area contributed by atoms with Crippen LogP contribution < -0.4 is 4.74 Å². The standard InChI is InChI=1S/C15H15NO3/c1-19-14-6-5-12-3-2-4-13(15(12)9-14)7-8-16(10-17)11-18/h2-6,9-11H,7-8H2,1H3. The molecule has 0 radical (unpaired) electrons. The van der Waals surface area contributed by atoms with E-state index in [0.717, 1.165) is 27.0 Å². The Morgan fingerprint density at radius 3 is 2.63 bits per heavy atom. The maximum absolute atomic E-state index is 10.6. The molecule has 0 fully saturated rings. The summed E-state index contributed by atoms with van der Waals surface area (Å²) in [6.07, 6.45) is 1.71. The third kappa shape index (κ3) is 2.91. The highest BCUT2D eigenvalue weighted by molar-refractivity contribution is 5.87. The van der Waals surface area contributed by atoms with Crippen LogP contribution in [0.15, 0.2) is 36.4 Å². The zero-order valence-electron chi connectivity index (χ0n) is 10.7. The number of rotatable bonds is 6. The maximum atomic E-state index is 10.6. The fourth-order valence-electron chi connectivity index (χ4n) is 2.04. The second-order valence-corrected chi connectivity index (χ2v) is 4.20. The summed E-state index contributed by atoms with van der Waals surface area (Å²) in [5.74, 6) is 0.794. The Morgan fingerprint density at radius 2 is 1.95 bits per heavy atom. The number of carbonyl (C=O) groups is 2. The van der Waals surface area contributed by atoms with Gasteiger partial charge in [0.15, 0.2) is 0 Å². The summed E-state index contributed by atoms with van der Waals surface area (Å²) < 4.78 is 5.22. The molecule has 4 heteroatoms. The van der Waals surface area contributed by atoms with Crippen molar-refractivity contribution in [3.63, 3.8) is 0 Å². The Morgan fingerprint density at radius 1 is 1.16 bits per heavy atom. The van der Waals surface area contributed by atoms with E-state index in [-0.39, 0.29) is 0 Å². The average Bonchev–Trinajstić information content (AvgIpc) is 2.47. The van der Waals surface area contributed by atoms with Gasteiger partial charge in [-0.05, 0) is 34.9 Å². The van der Waals surface area contributed by atoms with Gasteiger partial charge in [-0.25, -0.2) is 0 Å². The van der Waals surface area contributed by atoms with Crippen LogP contribution in [0.4, 0.5) is 0 Å². The van der Waals surface area contributed by atoms with Crippen LogP contribution in [0, 0.1) is 0 Å². The Labute approximate surface area is 111 Å². The van der Waals surface area contributed by atoms with Crippen molar-refractivity contribution in [3.05, 3.63) is 42.0 Å². The third-order valence-corrected chi connectivity index (χ3v) is 3.09. The van der Waals surface area contributed by atoms with Crippen molar-refractivity contribution in [1.82, 2.24) is 4.90 Å². The number of ether oxygens (including phenoxy) is 1. The number of fused-ring (bicyclic) bond motifs is 1. The zero-order chi connectivity index (χ0) is 13.7. The summed E-state index contributed by atoms with van der Waals surface area (Å²) in [6.45, 7) is 0.378. The second kappa shape index (κ2) is 6.00. The molecular weight excluding hydrogens is 242 g/mol. The molecular formula is C15H15NO3. The molecule has 0 heterocycles. The predicted molar refractivity (Wildman–Crippen MR) is 73.0 cm³/mol. The molecule has 2 rings (SSSR count). The van der Waals surface area contributed by atoms with Gasteiger partial charge < -0.3 is 4.74 Å². The first-order chi connectivity index (χ1) is 9.28. The molecule has 0 N–H and O–H groups in total. The molecule has 2 aromatic rings. The van der Waals surface area contributed by atoms with Gasteiger partial charge in [-0.15, -0.1) is 0 Å². The molecule has 0 aliphatic carbocycles. The van der Waals surface area contributed by atoms with Crippen LogP contribution in [-0.2, 0) is 16.0 Å². The lowest BCUT2D eigenvalue weighted by molar-refractivity contribution is -0.129. The van der Waals surface area contributed by atoms with E-state index in [4.69, 9.17) is 4.74 Å². The Balaban J connectivity index is 2.31. The van der Waals surface area contributed by atoms with Gasteiger partial charge in [0.25, 0.3) is 0 Å². The molecule has 0 atom stereocenters. The van der Waals surface area contributed by atoms with Crippen molar-refractivity contribution in [2.45, 2.75) is 6.42 Å². The lowest BCUT2D eigenvalue weighted by Gasteiger charge is -2.11. The fraction of sp³-hybridized carbons (Fsp3) is 0.200. The maximum Gasteiger partial charge on any atom is 0.216 e. The molecule has 19 heavy (non-hydrogen) atoms. The minimum atomic E-state index is 0.378. The van der Waals surface area contributed by atoms with Crippen molar-refractivity contribution in [3.8, 4) is 5.75 Å². The van der Waals surface area contributed by atoms with Gasteiger partial charge in [0.05, 0.1) is 7.11 Å². The molecule has 98 valence electrons. The zero-order valence-corrected chi connectivity index (χ0v) is 10.7. The van der Waals surface area contributed by atoms with Crippen molar-refractivity contribution in [2.75, 3.05) is 13.7 Å². The largest absolute Gasteiger partial charge is 0.497 e. The van der Waals surface area contributed by atoms with E-state index in [0.29, 0.717) is 25.8 Å². The van der Waals surface area contributed by atoms with Crippen LogP contribution in [0.1, 0.15) is 5.56 Å². The van der Waals surface area contributed by atoms with E-state index < -0.39 is 0 Å². The van der Waals surface area contributed by atoms with Gasteiger partial charge in [-0.1, -0.05) is 24.3 Å². The Hall–Kier alpha value is -2.36. The van der Waals surface area contributed by atoms with E-state index in [1.54, 1.807) is 7.11 Å². The minimum absolute atomic E-state index is 0.378. The van der Waals surface area contributed by atoms with Crippen LogP contribution >= 0.6 is 0 Å². The summed E-state index contributed by atoms with van der Waals surface area (Å²) >= 11 is 0. The SMILES string of the molecule is COc1ccc2cccc(CCN(C=O)C=O)c2c1. The van der Waals surface area contributed by atoms with Crippen molar-refractivity contribution >= 4 is 23.6 Å². The normalized spacial score (nSPS) is 10.2. The summed E-state index contributed by atoms with van der Waals surface area (Å²) in [6, 6.07) is 11.9. The first-order valence-corrected chi connectivity index (χ1v) is 6.00. The minimum Gasteiger partial charge on any atom is -0.497 e. The van der Waals surface area contributed by atoms with Crippen molar-refractivity contribution in [2.24, 2.45) is 0 Å². The van der Waals surface area contributed by atoms with Gasteiger partial charge in [0.1, 0.15) is 5.75 Å². The summed E-state index contributed by atoms with van der Waals surface area (Å²) in [4.78, 5) is 22.3. The third-order valence-electron chi connectivity index (χ3n) is 3.09. The predicted octanol–water partition coefficient (Wildman–Crippen LogP) is 2.01. The van der Waals surface area contributed by atoms with Crippen molar-refractivity contribution < 1.29 is 14.3 Å². The van der Waals surface area contributed by atoms with Gasteiger partial charge in [0, 0.05) is 6.54 Å². The van der Waals surface area contributed by atoms with Crippen LogP contribution in [0.25, 0.3) is 10.8 Å². The molecule has 0 spiro atoms. The number of hydrogen-bond donors (Lipinski definition) is 0. The van der Waals surface area contributed by atoms with Gasteiger partial charge in [0.2, 0.25) is 12.8 Å². The summed E-state index contributed by atoms with van der Waals surface area (Å²) in [5, 5.41) is 2.20. The highest BCUT2D eigenvalue weighted by Gasteiger charge is 2.05. The molecule has 2 amide bonds. The van der Waals surface area contributed by atoms with E-state index >= 15 is 0 Å². The highest BCUT2D eigenvalue weighted by Crippen LogP contribution is 2.24. The fourth-order valence-corrected chi connectivity index (χ4v) is 2.04. The molecule has 0 unspecified atom stereocenters. The first kappa shape index (κ1) is 13.1. The smallest absolute Gasteiger partial charge is 0.216 e. The first-order valence-electron chi connectivity index (χ1n) is 6.00. The summed E-state index contributed by atoms with van der Waals surface area (Å²) in [5.41, 5.74) is 1.09. The van der Waals surface area contributed by atoms with E-state index in [9.17, 15) is 9.59 Å². The van der Waals surface area contributed by atoms with Crippen LogP contribution in [0.5, 0.6) is 5.75 Å². The number of imide groups is 1. The van der Waals surface area contributed by atoms with Gasteiger partial charge >= 0.3 is 0 Å². The Kier molecular flexibility index (Phi) is 4.13. The number of carbonyl (C=O) groups excluding carboxylic acids is 2. The van der Waals surface area contributed by atoms with Crippen LogP contribution in [0.2, 0.25) is 0 Å². The number of amides is 2. The molecule has 0 saturated carbocycles. The Bertz CT molecular complexity index is 587. The van der Waals surface area contributed by atoms with Gasteiger partial charge in [-0.2, -0.15) is 0 Å². The summed E-state index contributed by atoms with van der Waals surface area (Å²) in [7, 11) is 1.63. The monoisotopic (exact) mass is 257 g/mol. The molecule has 0 bridgehead atoms. The lowest BCUT2D eigenvalue weighted by Crippen LogP contribution is -2.22. The lowest BCUT2D eigenvalue weighted by atomic mass is 10.0. The van der Waals surface area contributed by atoms with E-state index in [1.807, 2.05) is 36.4 Å². The van der Waals surface area contributed by atoms with Crippen molar-refractivity contribution in [1.29, 1.82) is 0 Å². The molecule has 0 aromatic heterocycles. The molecule has 0 saturated heterocycles. The molecule has 0 aliphatic rings. The topological polar surface area (TPSA) is 46.6 Å². The molecule has 0 aliphatic heterocycles. The number of benzene rings is 2. The van der Waals surface area contributed by atoms with Gasteiger partial charge in [-0.3, -0.25) is 14.5 Å². The quantitative estimate of drug-likeness (QED) is 0.744. The van der Waals surface area contributed by atoms with E-state index in [2.05, 4.69) is 0 Å². The van der Waals surface area contributed by atoms with Crippen LogP contribution in [-0.4, -0.2) is 31.4 Å². The second-order valence-electron chi connectivity index (χ2n) is 4.20. The highest BCUT2D eigenvalue weighted by atomic mass is 16.5. The van der Waals surface area contributed by atoms with Crippen LogP contribution in [0.3, 0.4) is 0 Å². The number of nitrogens with zero attached hydrogens (tertiary/aromatic N) is 1. The molecule has 2 aromatic carbocycles.